The monoisotopic (exact) mass is 319 g/mol. The summed E-state index contributed by atoms with van der Waals surface area (Å²) in [7, 11) is 4.63. The number of ether oxygens (including phenoxy) is 3. The minimum absolute atomic E-state index is 0.203. The number of fused-ring (bicyclic) bond motifs is 1. The van der Waals surface area contributed by atoms with Crippen molar-refractivity contribution < 1.29 is 14.2 Å². The van der Waals surface area contributed by atoms with Crippen molar-refractivity contribution in [1.29, 1.82) is 0 Å². The zero-order chi connectivity index (χ0) is 15.7. The van der Waals surface area contributed by atoms with Crippen LogP contribution in [0.4, 0.5) is 0 Å². The second-order valence-corrected chi connectivity index (χ2v) is 5.34. The fraction of sp³-hybridized carbons (Fsp3) is 0.214. The quantitative estimate of drug-likeness (QED) is 0.705. The molecule has 0 atom stereocenters. The third-order valence-electron chi connectivity index (χ3n) is 3.11. The Hall–Kier alpha value is -2.61. The van der Waals surface area contributed by atoms with Crippen molar-refractivity contribution >= 4 is 22.4 Å². The molecule has 0 saturated heterocycles. The molecule has 0 N–H and O–H groups in total. The molecular formula is C14H13N3O4S. The molecule has 0 amide bonds. The number of hydrogen-bond donors (Lipinski definition) is 0. The van der Waals surface area contributed by atoms with Gasteiger partial charge in [0.15, 0.2) is 11.5 Å². The molecule has 0 fully saturated rings. The molecule has 0 aliphatic carbocycles. The molecule has 0 aliphatic heterocycles. The van der Waals surface area contributed by atoms with Crippen LogP contribution in [0, 0.1) is 0 Å². The first-order valence-corrected chi connectivity index (χ1v) is 7.14. The highest BCUT2D eigenvalue weighted by molar-refractivity contribution is 7.15. The van der Waals surface area contributed by atoms with Crippen LogP contribution in [0.1, 0.15) is 5.56 Å². The van der Waals surface area contributed by atoms with Crippen LogP contribution in [0.25, 0.3) is 11.0 Å². The second kappa shape index (κ2) is 5.64. The Kier molecular flexibility index (Phi) is 3.68. The highest BCUT2D eigenvalue weighted by Crippen LogP contribution is 2.38. The van der Waals surface area contributed by atoms with Gasteiger partial charge in [-0.05, 0) is 23.8 Å². The van der Waals surface area contributed by atoms with Crippen LogP contribution < -0.4 is 24.3 Å². The van der Waals surface area contributed by atoms with Crippen LogP contribution >= 0.6 is 11.3 Å². The van der Waals surface area contributed by atoms with E-state index >= 15 is 0 Å². The highest BCUT2D eigenvalue weighted by Gasteiger charge is 2.13. The number of benzene rings is 1. The van der Waals surface area contributed by atoms with Crippen molar-refractivity contribution in [1.82, 2.24) is 14.6 Å². The maximum absolute atomic E-state index is 12.2. The molecule has 0 saturated carbocycles. The van der Waals surface area contributed by atoms with Gasteiger partial charge in [0.2, 0.25) is 10.7 Å². The summed E-state index contributed by atoms with van der Waals surface area (Å²) in [5.74, 6) is 1.56. The van der Waals surface area contributed by atoms with E-state index in [1.165, 1.54) is 22.2 Å². The lowest BCUT2D eigenvalue weighted by molar-refractivity contribution is 0.324. The lowest BCUT2D eigenvalue weighted by atomic mass is 10.1. The summed E-state index contributed by atoms with van der Waals surface area (Å²) in [5, 5.41) is 3.89. The zero-order valence-electron chi connectivity index (χ0n) is 12.2. The maximum Gasteiger partial charge on any atom is 0.291 e. The molecule has 0 radical (unpaired) electrons. The molecule has 1 aromatic carbocycles. The number of aromatic nitrogens is 3. The Bertz CT molecular complexity index is 906. The van der Waals surface area contributed by atoms with Gasteiger partial charge in [-0.15, -0.1) is 0 Å². The lowest BCUT2D eigenvalue weighted by Crippen LogP contribution is -2.23. The van der Waals surface area contributed by atoms with E-state index in [4.69, 9.17) is 14.2 Å². The van der Waals surface area contributed by atoms with Crippen molar-refractivity contribution in [2.24, 2.45) is 0 Å². The van der Waals surface area contributed by atoms with Crippen LogP contribution in [0.2, 0.25) is 0 Å². The van der Waals surface area contributed by atoms with Gasteiger partial charge in [-0.3, -0.25) is 4.79 Å². The third-order valence-corrected chi connectivity index (χ3v) is 4.08. The molecule has 22 heavy (non-hydrogen) atoms. The molecule has 2 heterocycles. The van der Waals surface area contributed by atoms with Gasteiger partial charge in [0.25, 0.3) is 5.56 Å². The first kappa shape index (κ1) is 14.3. The minimum Gasteiger partial charge on any atom is -0.493 e. The third kappa shape index (κ3) is 2.27. The average molecular weight is 319 g/mol. The van der Waals surface area contributed by atoms with Crippen molar-refractivity contribution in [3.63, 3.8) is 0 Å². The van der Waals surface area contributed by atoms with Crippen LogP contribution in [0.15, 0.2) is 23.3 Å². The topological polar surface area (TPSA) is 75.0 Å². The van der Waals surface area contributed by atoms with Gasteiger partial charge >= 0.3 is 0 Å². The number of nitrogens with zero attached hydrogens (tertiary/aromatic N) is 3. The number of rotatable bonds is 4. The molecule has 7 nitrogen and oxygen atoms in total. The number of thiazole rings is 1. The fourth-order valence-electron chi connectivity index (χ4n) is 2.11. The lowest BCUT2D eigenvalue weighted by Gasteiger charge is -2.12. The van der Waals surface area contributed by atoms with Crippen molar-refractivity contribution in [3.8, 4) is 17.2 Å². The van der Waals surface area contributed by atoms with Crippen LogP contribution in [0.5, 0.6) is 17.2 Å². The van der Waals surface area contributed by atoms with Gasteiger partial charge in [-0.25, -0.2) is 4.98 Å². The summed E-state index contributed by atoms with van der Waals surface area (Å²) in [6.45, 7) is 0. The predicted octanol–water partition coefficient (Wildman–Crippen LogP) is 0.724. The molecule has 0 unspecified atom stereocenters. The summed E-state index contributed by atoms with van der Waals surface area (Å²) in [6, 6.07) is 3.55. The van der Waals surface area contributed by atoms with Crippen LogP contribution in [-0.4, -0.2) is 35.9 Å². The van der Waals surface area contributed by atoms with E-state index in [0.29, 0.717) is 26.7 Å². The Labute approximate surface area is 129 Å². The molecular weight excluding hydrogens is 306 g/mol. The van der Waals surface area contributed by atoms with Crippen LogP contribution in [-0.2, 0) is 0 Å². The molecule has 2 aromatic heterocycles. The summed E-state index contributed by atoms with van der Waals surface area (Å²) in [6.07, 6.45) is 3.10. The standard InChI is InChI=1S/C14H13N3O4S/c1-19-9-4-8(5-10(20-2)12(9)21-3)6-11-13(18)17-14(22-11)15-7-16-17/h4-7H,1-3H3/b11-6-. The normalized spacial score (nSPS) is 11.9. The molecule has 114 valence electrons. The van der Waals surface area contributed by atoms with E-state index in [1.807, 2.05) is 0 Å². The van der Waals surface area contributed by atoms with Gasteiger partial charge in [0.1, 0.15) is 6.33 Å². The Morgan fingerprint density at radius 3 is 2.36 bits per heavy atom. The SMILES string of the molecule is COc1cc(/C=c2\sc3ncnn3c2=O)cc(OC)c1OC. The number of methoxy groups -OCH3 is 3. The fourth-order valence-corrected chi connectivity index (χ4v) is 3.00. The minimum atomic E-state index is -0.203. The van der Waals surface area contributed by atoms with Gasteiger partial charge in [-0.2, -0.15) is 9.61 Å². The largest absolute Gasteiger partial charge is 0.493 e. The molecule has 3 rings (SSSR count). The van der Waals surface area contributed by atoms with E-state index in [1.54, 1.807) is 39.5 Å². The maximum atomic E-state index is 12.2. The molecule has 0 spiro atoms. The first-order valence-electron chi connectivity index (χ1n) is 6.32. The summed E-state index contributed by atoms with van der Waals surface area (Å²) in [4.78, 5) is 16.8. The summed E-state index contributed by atoms with van der Waals surface area (Å²) in [5.41, 5.74) is 0.558. The van der Waals surface area contributed by atoms with Gasteiger partial charge < -0.3 is 14.2 Å². The molecule has 3 aromatic rings. The molecule has 0 bridgehead atoms. The van der Waals surface area contributed by atoms with Crippen LogP contribution in [0.3, 0.4) is 0 Å². The Balaban J connectivity index is 2.19. The van der Waals surface area contributed by atoms with E-state index < -0.39 is 0 Å². The van der Waals surface area contributed by atoms with Gasteiger partial charge in [0, 0.05) is 0 Å². The number of hydrogen-bond acceptors (Lipinski definition) is 7. The highest BCUT2D eigenvalue weighted by atomic mass is 32.1. The zero-order valence-corrected chi connectivity index (χ0v) is 13.0. The second-order valence-electron chi connectivity index (χ2n) is 4.33. The van der Waals surface area contributed by atoms with Gasteiger partial charge in [-0.1, -0.05) is 11.3 Å². The molecule has 8 heteroatoms. The van der Waals surface area contributed by atoms with Crippen molar-refractivity contribution in [3.05, 3.63) is 38.9 Å². The first-order chi connectivity index (χ1) is 10.7. The average Bonchev–Trinajstić information content (AvgIpc) is 3.10. The summed E-state index contributed by atoms with van der Waals surface area (Å²) < 4.78 is 17.7. The van der Waals surface area contributed by atoms with E-state index in [-0.39, 0.29) is 5.56 Å². The Morgan fingerprint density at radius 1 is 1.14 bits per heavy atom. The van der Waals surface area contributed by atoms with E-state index in [9.17, 15) is 4.79 Å². The van der Waals surface area contributed by atoms with Gasteiger partial charge in [0.05, 0.1) is 25.9 Å². The van der Waals surface area contributed by atoms with Crippen molar-refractivity contribution in [2.45, 2.75) is 0 Å². The molecule has 0 aliphatic rings. The van der Waals surface area contributed by atoms with E-state index in [0.717, 1.165) is 5.56 Å². The summed E-state index contributed by atoms with van der Waals surface area (Å²) >= 11 is 1.27. The van der Waals surface area contributed by atoms with Crippen molar-refractivity contribution in [2.75, 3.05) is 21.3 Å². The van der Waals surface area contributed by atoms with E-state index in [2.05, 4.69) is 10.1 Å². The Morgan fingerprint density at radius 2 is 1.82 bits per heavy atom. The smallest absolute Gasteiger partial charge is 0.291 e. The predicted molar refractivity (Wildman–Crippen MR) is 82.0 cm³/mol.